The molecular formula is C28H36N2O6. The highest BCUT2D eigenvalue weighted by molar-refractivity contribution is 5.94. The van der Waals surface area contributed by atoms with Gasteiger partial charge >= 0.3 is 6.16 Å². The molecule has 1 aliphatic rings. The molecule has 1 saturated heterocycles. The van der Waals surface area contributed by atoms with Crippen molar-refractivity contribution in [3.63, 3.8) is 0 Å². The zero-order chi connectivity index (χ0) is 26.3. The second kappa shape index (κ2) is 11.9. The van der Waals surface area contributed by atoms with Crippen molar-refractivity contribution in [1.29, 1.82) is 0 Å². The molecule has 1 fully saturated rings. The smallest absolute Gasteiger partial charge is 0.483 e. The topological polar surface area (TPSA) is 85.4 Å². The third kappa shape index (κ3) is 7.23. The Morgan fingerprint density at radius 2 is 1.58 bits per heavy atom. The minimum absolute atomic E-state index is 0.0397. The molecule has 36 heavy (non-hydrogen) atoms. The normalized spacial score (nSPS) is 14.1. The molecule has 1 aliphatic heterocycles. The van der Waals surface area contributed by atoms with Crippen molar-refractivity contribution >= 4 is 18.0 Å². The molecule has 1 heterocycles. The van der Waals surface area contributed by atoms with Crippen molar-refractivity contribution in [3.8, 4) is 11.5 Å². The quantitative estimate of drug-likeness (QED) is 0.430. The van der Waals surface area contributed by atoms with Crippen LogP contribution in [0.25, 0.3) is 0 Å². The lowest BCUT2D eigenvalue weighted by Gasteiger charge is -2.25. The second-order valence-corrected chi connectivity index (χ2v) is 9.87. The van der Waals surface area contributed by atoms with E-state index < -0.39 is 6.16 Å². The molecule has 8 nitrogen and oxygen atoms in total. The van der Waals surface area contributed by atoms with E-state index in [0.29, 0.717) is 43.9 Å². The van der Waals surface area contributed by atoms with Gasteiger partial charge in [0.2, 0.25) is 0 Å². The summed E-state index contributed by atoms with van der Waals surface area (Å²) in [6.07, 6.45) is -0.103. The number of benzene rings is 2. The molecule has 0 aliphatic carbocycles. The van der Waals surface area contributed by atoms with Crippen LogP contribution in [-0.4, -0.2) is 67.2 Å². The van der Waals surface area contributed by atoms with Crippen LogP contribution < -0.4 is 9.47 Å². The summed E-state index contributed by atoms with van der Waals surface area (Å²) in [6, 6.07) is 12.4. The summed E-state index contributed by atoms with van der Waals surface area (Å²) < 4.78 is 15.7. The summed E-state index contributed by atoms with van der Waals surface area (Å²) in [6.45, 7) is 12.3. The maximum atomic E-state index is 13.0. The van der Waals surface area contributed by atoms with Crippen LogP contribution in [0, 0.1) is 6.92 Å². The van der Waals surface area contributed by atoms with Gasteiger partial charge in [-0.25, -0.2) is 4.79 Å². The van der Waals surface area contributed by atoms with Crippen LogP contribution in [0.1, 0.15) is 55.6 Å². The van der Waals surface area contributed by atoms with E-state index in [1.54, 1.807) is 41.0 Å². The number of nitrogens with zero attached hydrogens (tertiary/aromatic N) is 2. The van der Waals surface area contributed by atoms with Gasteiger partial charge in [0.05, 0.1) is 6.61 Å². The molecule has 0 atom stereocenters. The molecule has 0 unspecified atom stereocenters. The summed E-state index contributed by atoms with van der Waals surface area (Å²) >= 11 is 0. The molecule has 194 valence electrons. The van der Waals surface area contributed by atoms with Crippen LogP contribution in [-0.2, 0) is 14.9 Å². The average Bonchev–Trinajstić information content (AvgIpc) is 3.09. The van der Waals surface area contributed by atoms with E-state index in [1.165, 1.54) is 0 Å². The van der Waals surface area contributed by atoms with Crippen LogP contribution in [0.5, 0.6) is 11.5 Å². The zero-order valence-electron chi connectivity index (χ0n) is 21.8. The largest absolute Gasteiger partial charge is 0.513 e. The van der Waals surface area contributed by atoms with Gasteiger partial charge < -0.3 is 24.0 Å². The highest BCUT2D eigenvalue weighted by Gasteiger charge is 2.24. The number of amides is 2. The first-order chi connectivity index (χ1) is 17.1. The summed E-state index contributed by atoms with van der Waals surface area (Å²) in [5.74, 6) is 0.812. The maximum absolute atomic E-state index is 13.0. The molecule has 0 aromatic heterocycles. The fraction of sp³-hybridized carbons (Fsp3) is 0.464. The minimum Gasteiger partial charge on any atom is -0.483 e. The Balaban J connectivity index is 1.55. The van der Waals surface area contributed by atoms with Gasteiger partial charge in [-0.15, -0.1) is 0 Å². The number of carbonyl (C=O) groups is 3. The Bertz CT molecular complexity index is 1070. The fourth-order valence-corrected chi connectivity index (χ4v) is 4.05. The molecule has 2 amide bonds. The Morgan fingerprint density at radius 3 is 2.25 bits per heavy atom. The van der Waals surface area contributed by atoms with E-state index in [9.17, 15) is 14.4 Å². The first-order valence-corrected chi connectivity index (χ1v) is 12.3. The van der Waals surface area contributed by atoms with E-state index in [4.69, 9.17) is 14.2 Å². The number of aryl methyl sites for hydroxylation is 1. The second-order valence-electron chi connectivity index (χ2n) is 9.87. The van der Waals surface area contributed by atoms with Crippen LogP contribution in [0.15, 0.2) is 42.5 Å². The Labute approximate surface area is 213 Å². The average molecular weight is 497 g/mol. The lowest BCUT2D eigenvalue weighted by Crippen LogP contribution is -2.39. The third-order valence-electron chi connectivity index (χ3n) is 5.99. The number of hydrogen-bond acceptors (Lipinski definition) is 6. The molecule has 0 saturated carbocycles. The molecule has 2 aromatic rings. The van der Waals surface area contributed by atoms with Gasteiger partial charge in [0, 0.05) is 31.7 Å². The summed E-state index contributed by atoms with van der Waals surface area (Å²) in [4.78, 5) is 40.9. The van der Waals surface area contributed by atoms with Crippen molar-refractivity contribution < 1.29 is 28.6 Å². The molecule has 3 rings (SSSR count). The molecule has 0 spiro atoms. The van der Waals surface area contributed by atoms with Crippen molar-refractivity contribution in [2.75, 3.05) is 39.4 Å². The maximum Gasteiger partial charge on any atom is 0.513 e. The van der Waals surface area contributed by atoms with Crippen LogP contribution in [0.2, 0.25) is 0 Å². The first-order valence-electron chi connectivity index (χ1n) is 12.3. The number of ether oxygens (including phenoxy) is 3. The Kier molecular flexibility index (Phi) is 8.96. The predicted octanol–water partition coefficient (Wildman–Crippen LogP) is 4.58. The number of carbonyl (C=O) groups excluding carboxylic acids is 3. The fourth-order valence-electron chi connectivity index (χ4n) is 4.05. The molecule has 0 N–H and O–H groups in total. The van der Waals surface area contributed by atoms with Crippen LogP contribution in [0.4, 0.5) is 4.79 Å². The van der Waals surface area contributed by atoms with Gasteiger partial charge in [-0.1, -0.05) is 38.5 Å². The van der Waals surface area contributed by atoms with Gasteiger partial charge in [-0.05, 0) is 61.6 Å². The zero-order valence-corrected chi connectivity index (χ0v) is 21.8. The molecular weight excluding hydrogens is 460 g/mol. The predicted molar refractivity (Wildman–Crippen MR) is 137 cm³/mol. The summed E-state index contributed by atoms with van der Waals surface area (Å²) in [5, 5.41) is 0. The lowest BCUT2D eigenvalue weighted by atomic mass is 9.85. The van der Waals surface area contributed by atoms with Crippen molar-refractivity contribution in [3.05, 3.63) is 59.2 Å². The lowest BCUT2D eigenvalue weighted by molar-refractivity contribution is -0.133. The monoisotopic (exact) mass is 496 g/mol. The highest BCUT2D eigenvalue weighted by Crippen LogP contribution is 2.32. The van der Waals surface area contributed by atoms with E-state index in [-0.39, 0.29) is 30.4 Å². The Hall–Kier alpha value is -3.55. The molecule has 8 heteroatoms. The number of rotatable bonds is 6. The minimum atomic E-state index is -0.783. The highest BCUT2D eigenvalue weighted by atomic mass is 16.7. The van der Waals surface area contributed by atoms with E-state index in [0.717, 1.165) is 16.9 Å². The molecule has 2 aromatic carbocycles. The van der Waals surface area contributed by atoms with E-state index in [1.807, 2.05) is 19.1 Å². The van der Waals surface area contributed by atoms with Crippen LogP contribution >= 0.6 is 0 Å². The third-order valence-corrected chi connectivity index (χ3v) is 5.99. The van der Waals surface area contributed by atoms with Gasteiger partial charge in [0.1, 0.15) is 11.5 Å². The van der Waals surface area contributed by atoms with Gasteiger partial charge in [-0.3, -0.25) is 9.59 Å². The number of hydrogen-bond donors (Lipinski definition) is 0. The van der Waals surface area contributed by atoms with Crippen molar-refractivity contribution in [1.82, 2.24) is 9.80 Å². The standard InChI is InChI=1S/C28H36N2O6/c1-6-34-27(33)36-22-11-9-21(10-12-22)26(32)30-15-7-14-29(16-17-30)25(31)19-35-24-13-8-20(2)18-23(24)28(3,4)5/h8-13,18H,6-7,14-17,19H2,1-5H3. The van der Waals surface area contributed by atoms with E-state index >= 15 is 0 Å². The summed E-state index contributed by atoms with van der Waals surface area (Å²) in [5.41, 5.74) is 2.61. The van der Waals surface area contributed by atoms with Crippen molar-refractivity contribution in [2.24, 2.45) is 0 Å². The van der Waals surface area contributed by atoms with Gasteiger partial charge in [-0.2, -0.15) is 0 Å². The SMILES string of the molecule is CCOC(=O)Oc1ccc(C(=O)N2CCCN(C(=O)COc3ccc(C)cc3C(C)(C)C)CC2)cc1. The van der Waals surface area contributed by atoms with E-state index in [2.05, 4.69) is 26.8 Å². The molecule has 0 radical (unpaired) electrons. The van der Waals surface area contributed by atoms with Crippen LogP contribution in [0.3, 0.4) is 0 Å². The summed E-state index contributed by atoms with van der Waals surface area (Å²) in [7, 11) is 0. The van der Waals surface area contributed by atoms with Crippen molar-refractivity contribution in [2.45, 2.75) is 46.5 Å². The first kappa shape index (κ1) is 27.0. The Morgan fingerprint density at radius 1 is 0.917 bits per heavy atom. The van der Waals surface area contributed by atoms with Gasteiger partial charge in [0.25, 0.3) is 11.8 Å². The molecule has 0 bridgehead atoms. The van der Waals surface area contributed by atoms with Gasteiger partial charge in [0.15, 0.2) is 6.61 Å².